The fourth-order valence-electron chi connectivity index (χ4n) is 1.34. The summed E-state index contributed by atoms with van der Waals surface area (Å²) in [7, 11) is 0. The molecule has 2 heterocycles. The van der Waals surface area contributed by atoms with Crippen LogP contribution < -0.4 is 5.56 Å². The minimum absolute atomic E-state index is 0.0360. The van der Waals surface area contributed by atoms with Gasteiger partial charge in [-0.1, -0.05) is 17.7 Å². The van der Waals surface area contributed by atoms with Gasteiger partial charge in [0.1, 0.15) is 10.4 Å². The number of aromatic nitrogens is 2. The van der Waals surface area contributed by atoms with Crippen LogP contribution in [-0.4, -0.2) is 20.9 Å². The molecular formula is C10H8N2O2S2. The van der Waals surface area contributed by atoms with E-state index in [-0.39, 0.29) is 17.9 Å². The van der Waals surface area contributed by atoms with Gasteiger partial charge in [0.2, 0.25) is 0 Å². The molecule has 0 radical (unpaired) electrons. The molecule has 0 unspecified atom stereocenters. The fourth-order valence-corrected chi connectivity index (χ4v) is 2.82. The fraction of sp³-hybridized carbons (Fsp3) is 0.200. The van der Waals surface area contributed by atoms with Gasteiger partial charge in [-0.05, 0) is 6.26 Å². The Labute approximate surface area is 99.9 Å². The molecule has 0 atom stereocenters. The van der Waals surface area contributed by atoms with Gasteiger partial charge in [-0.15, -0.1) is 17.8 Å². The highest BCUT2D eigenvalue weighted by Crippen LogP contribution is 2.32. The molecule has 0 aliphatic heterocycles. The third-order valence-corrected chi connectivity index (χ3v) is 4.08. The molecule has 6 heteroatoms. The average Bonchev–Trinajstić information content (AvgIpc) is 2.68. The zero-order valence-electron chi connectivity index (χ0n) is 8.43. The van der Waals surface area contributed by atoms with Crippen molar-refractivity contribution in [2.75, 3.05) is 6.26 Å². The van der Waals surface area contributed by atoms with Gasteiger partial charge in [0.15, 0.2) is 9.99 Å². The van der Waals surface area contributed by atoms with Gasteiger partial charge in [0, 0.05) is 6.07 Å². The molecule has 0 aromatic carbocycles. The number of aromatic hydroxyl groups is 1. The topological polar surface area (TPSA) is 55.1 Å². The van der Waals surface area contributed by atoms with E-state index in [1.807, 2.05) is 6.26 Å². The largest absolute Gasteiger partial charge is 0.506 e. The van der Waals surface area contributed by atoms with Crippen LogP contribution in [0, 0.1) is 12.3 Å². The molecule has 0 saturated heterocycles. The molecule has 0 fully saturated rings. The lowest BCUT2D eigenvalue weighted by Crippen LogP contribution is -2.18. The Balaban J connectivity index is 2.83. The Morgan fingerprint density at radius 1 is 1.75 bits per heavy atom. The Bertz CT molecular complexity index is 637. The first-order valence-corrected chi connectivity index (χ1v) is 6.42. The van der Waals surface area contributed by atoms with E-state index >= 15 is 0 Å². The molecule has 0 spiro atoms. The predicted octanol–water partition coefficient (Wildman–Crippen LogP) is 1.52. The quantitative estimate of drug-likeness (QED) is 0.650. The third kappa shape index (κ3) is 1.68. The molecule has 0 aliphatic rings. The molecule has 4 nitrogen and oxygen atoms in total. The van der Waals surface area contributed by atoms with Crippen molar-refractivity contribution in [3.8, 4) is 18.1 Å². The molecule has 2 aromatic rings. The van der Waals surface area contributed by atoms with Crippen molar-refractivity contribution < 1.29 is 5.11 Å². The second kappa shape index (κ2) is 4.20. The highest BCUT2D eigenvalue weighted by Gasteiger charge is 2.13. The zero-order valence-corrected chi connectivity index (χ0v) is 10.1. The van der Waals surface area contributed by atoms with Crippen molar-refractivity contribution in [2.24, 2.45) is 0 Å². The summed E-state index contributed by atoms with van der Waals surface area (Å²) in [6.45, 7) is 0.160. The minimum Gasteiger partial charge on any atom is -0.506 e. The maximum atomic E-state index is 11.6. The molecular weight excluding hydrogens is 244 g/mol. The molecule has 2 rings (SSSR count). The van der Waals surface area contributed by atoms with E-state index in [1.54, 1.807) is 0 Å². The summed E-state index contributed by atoms with van der Waals surface area (Å²) in [6.07, 6.45) is 7.08. The van der Waals surface area contributed by atoms with Gasteiger partial charge in [-0.2, -0.15) is 0 Å². The maximum absolute atomic E-state index is 11.6. The lowest BCUT2D eigenvalue weighted by atomic mass is 10.4. The van der Waals surface area contributed by atoms with Gasteiger partial charge in [-0.3, -0.25) is 9.36 Å². The Kier molecular flexibility index (Phi) is 2.90. The Hall–Kier alpha value is -1.45. The van der Waals surface area contributed by atoms with E-state index in [0.29, 0.717) is 10.3 Å². The van der Waals surface area contributed by atoms with E-state index in [0.717, 1.165) is 4.34 Å². The van der Waals surface area contributed by atoms with Crippen LogP contribution in [0.5, 0.6) is 5.75 Å². The van der Waals surface area contributed by atoms with Crippen LogP contribution in [0.2, 0.25) is 0 Å². The lowest BCUT2D eigenvalue weighted by molar-refractivity contribution is 0.480. The second-order valence-electron chi connectivity index (χ2n) is 2.99. The van der Waals surface area contributed by atoms with E-state index in [9.17, 15) is 9.90 Å². The number of rotatable bonds is 2. The second-order valence-corrected chi connectivity index (χ2v) is 5.05. The molecule has 82 valence electrons. The number of thiazole rings is 1. The van der Waals surface area contributed by atoms with E-state index in [2.05, 4.69) is 10.9 Å². The molecule has 0 bridgehead atoms. The van der Waals surface area contributed by atoms with E-state index < -0.39 is 0 Å². The first-order chi connectivity index (χ1) is 7.67. The minimum atomic E-state index is -0.332. The summed E-state index contributed by atoms with van der Waals surface area (Å²) in [4.78, 5) is 15.9. The van der Waals surface area contributed by atoms with Crippen LogP contribution in [0.3, 0.4) is 0 Å². The number of nitrogens with zero attached hydrogens (tertiary/aromatic N) is 2. The van der Waals surface area contributed by atoms with Crippen molar-refractivity contribution in [3.05, 3.63) is 16.4 Å². The summed E-state index contributed by atoms with van der Waals surface area (Å²) >= 11 is 2.81. The predicted molar refractivity (Wildman–Crippen MR) is 66.2 cm³/mol. The maximum Gasteiger partial charge on any atom is 0.256 e. The molecule has 2 aromatic heterocycles. The van der Waals surface area contributed by atoms with Gasteiger partial charge in [0.25, 0.3) is 5.56 Å². The highest BCUT2D eigenvalue weighted by molar-refractivity contribution is 8.00. The van der Waals surface area contributed by atoms with Crippen LogP contribution in [0.15, 0.2) is 15.2 Å². The first kappa shape index (κ1) is 11.0. The zero-order chi connectivity index (χ0) is 11.7. The standard InChI is InChI=1S/C10H8N2O2S2/c1-3-4-12-7(14)5-6(13)8-9(12)11-10(15-2)16-8/h1,5,13H,4H2,2H3. The van der Waals surface area contributed by atoms with Crippen molar-refractivity contribution >= 4 is 33.4 Å². The normalized spacial score (nSPS) is 10.5. The molecule has 16 heavy (non-hydrogen) atoms. The summed E-state index contributed by atoms with van der Waals surface area (Å²) in [5.74, 6) is 2.37. The number of thioether (sulfide) groups is 1. The van der Waals surface area contributed by atoms with Gasteiger partial charge < -0.3 is 5.11 Å². The van der Waals surface area contributed by atoms with Crippen molar-refractivity contribution in [2.45, 2.75) is 10.9 Å². The van der Waals surface area contributed by atoms with Crippen molar-refractivity contribution in [1.82, 2.24) is 9.55 Å². The van der Waals surface area contributed by atoms with Crippen LogP contribution in [0.25, 0.3) is 10.3 Å². The average molecular weight is 252 g/mol. The van der Waals surface area contributed by atoms with Crippen molar-refractivity contribution in [1.29, 1.82) is 0 Å². The van der Waals surface area contributed by atoms with Crippen LogP contribution >= 0.6 is 23.1 Å². The summed E-state index contributed by atoms with van der Waals surface area (Å²) in [6, 6.07) is 1.17. The number of pyridine rings is 1. The highest BCUT2D eigenvalue weighted by atomic mass is 32.2. The molecule has 0 aliphatic carbocycles. The summed E-state index contributed by atoms with van der Waals surface area (Å²) in [5, 5.41) is 9.65. The van der Waals surface area contributed by atoms with Crippen LogP contribution in [0.1, 0.15) is 0 Å². The van der Waals surface area contributed by atoms with E-state index in [4.69, 9.17) is 6.42 Å². The smallest absolute Gasteiger partial charge is 0.256 e. The Morgan fingerprint density at radius 3 is 3.12 bits per heavy atom. The number of hydrogen-bond acceptors (Lipinski definition) is 5. The monoisotopic (exact) mass is 252 g/mol. The summed E-state index contributed by atoms with van der Waals surface area (Å²) < 4.78 is 2.77. The molecule has 0 saturated carbocycles. The SMILES string of the molecule is C#CCn1c(=O)cc(O)c2sc(SC)nc21. The first-order valence-electron chi connectivity index (χ1n) is 4.38. The number of hydrogen-bond donors (Lipinski definition) is 1. The number of fused-ring (bicyclic) bond motifs is 1. The van der Waals surface area contributed by atoms with Crippen LogP contribution in [0.4, 0.5) is 0 Å². The Morgan fingerprint density at radius 2 is 2.50 bits per heavy atom. The van der Waals surface area contributed by atoms with Gasteiger partial charge >= 0.3 is 0 Å². The summed E-state index contributed by atoms with van der Waals surface area (Å²) in [5.41, 5.74) is 0.123. The number of terminal acetylenes is 1. The van der Waals surface area contributed by atoms with E-state index in [1.165, 1.54) is 33.7 Å². The molecule has 0 amide bonds. The molecule has 1 N–H and O–H groups in total. The third-order valence-electron chi connectivity index (χ3n) is 2.03. The van der Waals surface area contributed by atoms with Crippen molar-refractivity contribution in [3.63, 3.8) is 0 Å². The lowest BCUT2D eigenvalue weighted by Gasteiger charge is -2.02. The van der Waals surface area contributed by atoms with Gasteiger partial charge in [0.05, 0.1) is 6.54 Å². The van der Waals surface area contributed by atoms with Crippen LogP contribution in [-0.2, 0) is 6.54 Å². The van der Waals surface area contributed by atoms with Gasteiger partial charge in [-0.25, -0.2) is 4.98 Å².